The summed E-state index contributed by atoms with van der Waals surface area (Å²) in [7, 11) is 1.95. The van der Waals surface area contributed by atoms with E-state index in [-0.39, 0.29) is 11.9 Å². The first-order chi connectivity index (χ1) is 10.1. The molecular formula is C14H21N4O2S+. The summed E-state index contributed by atoms with van der Waals surface area (Å²) in [6.45, 7) is 5.11. The lowest BCUT2D eigenvalue weighted by Gasteiger charge is -2.18. The van der Waals surface area contributed by atoms with Gasteiger partial charge in [0, 0.05) is 6.54 Å². The minimum atomic E-state index is -0.0291. The summed E-state index contributed by atoms with van der Waals surface area (Å²) >= 11 is 1.56. The molecule has 2 aromatic heterocycles. The topological polar surface area (TPSA) is 72.5 Å². The van der Waals surface area contributed by atoms with Gasteiger partial charge in [-0.1, -0.05) is 13.0 Å². The molecule has 0 spiro atoms. The van der Waals surface area contributed by atoms with Gasteiger partial charge >= 0.3 is 0 Å². The van der Waals surface area contributed by atoms with Crippen LogP contribution in [0.5, 0.6) is 0 Å². The largest absolute Gasteiger partial charge is 0.414 e. The number of carbonyl (C=O) groups excluding carboxylic acids is 1. The SMILES string of the molecule is CCCNC(=O)C[NH+](C)[C@@H](C)c1nnc(-c2cccs2)o1. The fraction of sp³-hybridized carbons (Fsp3) is 0.500. The third-order valence-corrected chi connectivity index (χ3v) is 4.15. The number of aromatic nitrogens is 2. The van der Waals surface area contributed by atoms with Gasteiger partial charge in [0.2, 0.25) is 0 Å². The molecule has 1 amide bonds. The van der Waals surface area contributed by atoms with Crippen molar-refractivity contribution in [2.75, 3.05) is 20.1 Å². The predicted octanol–water partition coefficient (Wildman–Crippen LogP) is 0.900. The summed E-state index contributed by atoms with van der Waals surface area (Å²) in [5.74, 6) is 1.13. The molecular weight excluding hydrogens is 288 g/mol. The van der Waals surface area contributed by atoms with E-state index in [1.165, 1.54) is 0 Å². The molecule has 0 aromatic carbocycles. The molecule has 2 atom stereocenters. The highest BCUT2D eigenvalue weighted by Crippen LogP contribution is 2.23. The summed E-state index contributed by atoms with van der Waals surface area (Å²) < 4.78 is 5.71. The minimum Gasteiger partial charge on any atom is -0.414 e. The van der Waals surface area contributed by atoms with Crippen LogP contribution in [0.15, 0.2) is 21.9 Å². The van der Waals surface area contributed by atoms with Crippen LogP contribution in [-0.2, 0) is 4.79 Å². The Balaban J connectivity index is 1.96. The lowest BCUT2D eigenvalue weighted by molar-refractivity contribution is -0.903. The molecule has 21 heavy (non-hydrogen) atoms. The van der Waals surface area contributed by atoms with Gasteiger partial charge in [0.15, 0.2) is 12.6 Å². The summed E-state index contributed by atoms with van der Waals surface area (Å²) in [5.41, 5.74) is 0. The van der Waals surface area contributed by atoms with Crippen LogP contribution in [0.25, 0.3) is 10.8 Å². The third kappa shape index (κ3) is 4.12. The van der Waals surface area contributed by atoms with Crippen LogP contribution < -0.4 is 10.2 Å². The fourth-order valence-corrected chi connectivity index (χ4v) is 2.50. The Bertz CT molecular complexity index is 567. The molecule has 0 bridgehead atoms. The maximum absolute atomic E-state index is 11.7. The Morgan fingerprint density at radius 3 is 3.00 bits per heavy atom. The number of thiophene rings is 1. The number of amides is 1. The molecule has 2 N–H and O–H groups in total. The second kappa shape index (κ2) is 7.33. The molecule has 0 fully saturated rings. The molecule has 114 valence electrons. The molecule has 0 saturated carbocycles. The number of likely N-dealkylation sites (N-methyl/N-ethyl adjacent to an activating group) is 1. The van der Waals surface area contributed by atoms with Crippen LogP contribution in [0.1, 0.15) is 32.2 Å². The summed E-state index contributed by atoms with van der Waals surface area (Å²) in [6, 6.07) is 3.86. The van der Waals surface area contributed by atoms with Crippen molar-refractivity contribution in [1.82, 2.24) is 15.5 Å². The number of hydrogen-bond donors (Lipinski definition) is 2. The molecule has 2 rings (SSSR count). The van der Waals surface area contributed by atoms with Crippen molar-refractivity contribution >= 4 is 17.2 Å². The van der Waals surface area contributed by atoms with Crippen LogP contribution in [-0.4, -0.2) is 36.2 Å². The zero-order valence-corrected chi connectivity index (χ0v) is 13.4. The molecule has 0 aliphatic rings. The van der Waals surface area contributed by atoms with Crippen LogP contribution in [0, 0.1) is 0 Å². The summed E-state index contributed by atoms with van der Waals surface area (Å²) in [4.78, 5) is 13.7. The lowest BCUT2D eigenvalue weighted by Crippen LogP contribution is -3.10. The van der Waals surface area contributed by atoms with Crippen molar-refractivity contribution < 1.29 is 14.1 Å². The number of nitrogens with one attached hydrogen (secondary N) is 2. The Morgan fingerprint density at radius 2 is 2.33 bits per heavy atom. The Labute approximate surface area is 128 Å². The van der Waals surface area contributed by atoms with Crippen LogP contribution in [0.3, 0.4) is 0 Å². The van der Waals surface area contributed by atoms with E-state index in [1.54, 1.807) is 11.3 Å². The van der Waals surface area contributed by atoms with E-state index < -0.39 is 0 Å². The maximum atomic E-state index is 11.7. The second-order valence-corrected chi connectivity index (χ2v) is 5.97. The van der Waals surface area contributed by atoms with E-state index in [0.717, 1.165) is 16.2 Å². The third-order valence-electron chi connectivity index (χ3n) is 3.29. The van der Waals surface area contributed by atoms with Crippen LogP contribution >= 0.6 is 11.3 Å². The molecule has 1 unspecified atom stereocenters. The number of carbonyl (C=O) groups is 1. The number of quaternary nitrogens is 1. The summed E-state index contributed by atoms with van der Waals surface area (Å²) in [5, 5.41) is 13.0. The Kier molecular flexibility index (Phi) is 5.46. The van der Waals surface area contributed by atoms with E-state index in [2.05, 4.69) is 15.5 Å². The number of nitrogens with zero attached hydrogens (tertiary/aromatic N) is 2. The monoisotopic (exact) mass is 309 g/mol. The predicted molar refractivity (Wildman–Crippen MR) is 81.1 cm³/mol. The van der Waals surface area contributed by atoms with Crippen molar-refractivity contribution in [2.24, 2.45) is 0 Å². The van der Waals surface area contributed by atoms with Gasteiger partial charge in [0.25, 0.3) is 17.7 Å². The van der Waals surface area contributed by atoms with Crippen molar-refractivity contribution in [2.45, 2.75) is 26.3 Å². The molecule has 6 nitrogen and oxygen atoms in total. The van der Waals surface area contributed by atoms with Crippen molar-refractivity contribution in [3.05, 3.63) is 23.4 Å². The number of rotatable bonds is 7. The van der Waals surface area contributed by atoms with E-state index in [9.17, 15) is 4.79 Å². The summed E-state index contributed by atoms with van der Waals surface area (Å²) in [6.07, 6.45) is 0.939. The van der Waals surface area contributed by atoms with Crippen LogP contribution in [0.2, 0.25) is 0 Å². The molecule has 0 aliphatic carbocycles. The molecule has 2 aromatic rings. The van der Waals surface area contributed by atoms with Crippen molar-refractivity contribution in [1.29, 1.82) is 0 Å². The van der Waals surface area contributed by atoms with Crippen LogP contribution in [0.4, 0.5) is 0 Å². The van der Waals surface area contributed by atoms with E-state index in [1.807, 2.05) is 38.4 Å². The molecule has 2 heterocycles. The molecule has 0 radical (unpaired) electrons. The highest BCUT2D eigenvalue weighted by Gasteiger charge is 2.24. The van der Waals surface area contributed by atoms with Gasteiger partial charge < -0.3 is 14.6 Å². The fourth-order valence-electron chi connectivity index (χ4n) is 1.85. The highest BCUT2D eigenvalue weighted by molar-refractivity contribution is 7.13. The first kappa shape index (κ1) is 15.7. The average molecular weight is 309 g/mol. The van der Waals surface area contributed by atoms with Crippen molar-refractivity contribution in [3.8, 4) is 10.8 Å². The zero-order chi connectivity index (χ0) is 15.2. The number of hydrogen-bond acceptors (Lipinski definition) is 5. The van der Waals surface area contributed by atoms with E-state index in [0.29, 0.717) is 24.9 Å². The molecule has 7 heteroatoms. The Hall–Kier alpha value is -1.73. The van der Waals surface area contributed by atoms with Crippen molar-refractivity contribution in [3.63, 3.8) is 0 Å². The smallest absolute Gasteiger partial charge is 0.275 e. The van der Waals surface area contributed by atoms with E-state index >= 15 is 0 Å². The first-order valence-electron chi connectivity index (χ1n) is 7.08. The normalized spacial score (nSPS) is 13.9. The van der Waals surface area contributed by atoms with Gasteiger partial charge in [-0.3, -0.25) is 4.79 Å². The van der Waals surface area contributed by atoms with Gasteiger partial charge in [0.05, 0.1) is 11.9 Å². The van der Waals surface area contributed by atoms with Gasteiger partial charge in [-0.05, 0) is 24.8 Å². The minimum absolute atomic E-state index is 0.0291. The standard InChI is InChI=1S/C14H20N4O2S/c1-4-7-15-12(19)9-18(3)10(2)13-16-17-14(20-13)11-6-5-8-21-11/h5-6,8,10H,4,7,9H2,1-3H3,(H,15,19)/p+1/t10-/m0/s1. The van der Waals surface area contributed by atoms with Gasteiger partial charge in [-0.15, -0.1) is 21.5 Å². The Morgan fingerprint density at radius 1 is 1.52 bits per heavy atom. The highest BCUT2D eigenvalue weighted by atomic mass is 32.1. The molecule has 0 aliphatic heterocycles. The quantitative estimate of drug-likeness (QED) is 0.797. The average Bonchev–Trinajstić information content (AvgIpc) is 3.14. The van der Waals surface area contributed by atoms with Gasteiger partial charge in [0.1, 0.15) is 0 Å². The molecule has 0 saturated heterocycles. The van der Waals surface area contributed by atoms with Gasteiger partial charge in [-0.25, -0.2) is 0 Å². The second-order valence-electron chi connectivity index (χ2n) is 5.02. The maximum Gasteiger partial charge on any atom is 0.275 e. The van der Waals surface area contributed by atoms with E-state index in [4.69, 9.17) is 4.42 Å². The lowest BCUT2D eigenvalue weighted by atomic mass is 10.3. The zero-order valence-electron chi connectivity index (χ0n) is 12.5. The van der Waals surface area contributed by atoms with Gasteiger partial charge in [-0.2, -0.15) is 0 Å². The first-order valence-corrected chi connectivity index (χ1v) is 7.96.